The lowest BCUT2D eigenvalue weighted by molar-refractivity contribution is 0.0724. The second-order valence-electron chi connectivity index (χ2n) is 8.10. The maximum Gasteiger partial charge on any atom is 0.253 e. The Kier molecular flexibility index (Phi) is 4.00. The summed E-state index contributed by atoms with van der Waals surface area (Å²) >= 11 is 0. The van der Waals surface area contributed by atoms with Gasteiger partial charge in [-0.05, 0) is 49.4 Å². The molecule has 2 aromatic heterocycles. The van der Waals surface area contributed by atoms with E-state index in [1.807, 2.05) is 48.2 Å². The Morgan fingerprint density at radius 1 is 1.21 bits per heavy atom. The number of nitrogens with zero attached hydrogens (tertiary/aromatic N) is 4. The molecule has 2 fully saturated rings. The zero-order valence-corrected chi connectivity index (χ0v) is 15.9. The molecule has 3 aromatic rings. The Morgan fingerprint density at radius 2 is 2.04 bits per heavy atom. The predicted molar refractivity (Wildman–Crippen MR) is 106 cm³/mol. The minimum atomic E-state index is 0.117. The van der Waals surface area contributed by atoms with Crippen LogP contribution in [0.4, 0.5) is 0 Å². The van der Waals surface area contributed by atoms with Crippen LogP contribution in [-0.2, 0) is 0 Å². The van der Waals surface area contributed by atoms with Crippen molar-refractivity contribution < 1.29 is 4.79 Å². The van der Waals surface area contributed by atoms with E-state index < -0.39 is 0 Å². The van der Waals surface area contributed by atoms with Gasteiger partial charge >= 0.3 is 0 Å². The fourth-order valence-electron chi connectivity index (χ4n) is 4.66. The highest BCUT2D eigenvalue weighted by atomic mass is 16.2. The highest BCUT2D eigenvalue weighted by Gasteiger charge is 2.53. The zero-order chi connectivity index (χ0) is 19.1. The summed E-state index contributed by atoms with van der Waals surface area (Å²) < 4.78 is 0. The average Bonchev–Trinajstić information content (AvgIpc) is 3.33. The SMILES string of the molecule is Cc1cccc(C(=O)N2CC(c3nc(-c4ccncc4)n[nH]3)C3(CCC3)C2)c1. The van der Waals surface area contributed by atoms with Crippen LogP contribution in [0.3, 0.4) is 0 Å². The van der Waals surface area contributed by atoms with Crippen LogP contribution in [0.15, 0.2) is 48.8 Å². The van der Waals surface area contributed by atoms with Crippen molar-refractivity contribution in [3.63, 3.8) is 0 Å². The number of likely N-dealkylation sites (tertiary alicyclic amines) is 1. The van der Waals surface area contributed by atoms with Crippen LogP contribution in [0, 0.1) is 12.3 Å². The van der Waals surface area contributed by atoms with E-state index in [0.717, 1.165) is 41.9 Å². The van der Waals surface area contributed by atoms with Crippen molar-refractivity contribution >= 4 is 5.91 Å². The monoisotopic (exact) mass is 373 g/mol. The van der Waals surface area contributed by atoms with E-state index >= 15 is 0 Å². The topological polar surface area (TPSA) is 74.8 Å². The molecule has 1 amide bonds. The molecule has 0 bridgehead atoms. The van der Waals surface area contributed by atoms with Gasteiger partial charge in [-0.3, -0.25) is 14.9 Å². The highest BCUT2D eigenvalue weighted by Crippen LogP contribution is 2.55. The number of aryl methyl sites for hydroxylation is 1. The van der Waals surface area contributed by atoms with Crippen molar-refractivity contribution in [1.29, 1.82) is 0 Å². The molecule has 1 saturated carbocycles. The number of carbonyl (C=O) groups excluding carboxylic acids is 1. The van der Waals surface area contributed by atoms with Crippen LogP contribution in [-0.4, -0.2) is 44.1 Å². The molecule has 5 rings (SSSR count). The number of H-pyrrole nitrogens is 1. The zero-order valence-electron chi connectivity index (χ0n) is 15.9. The number of hydrogen-bond donors (Lipinski definition) is 1. The molecule has 6 nitrogen and oxygen atoms in total. The molecule has 28 heavy (non-hydrogen) atoms. The molecular weight excluding hydrogens is 350 g/mol. The molecule has 1 aliphatic carbocycles. The third-order valence-corrected chi connectivity index (χ3v) is 6.32. The number of rotatable bonds is 3. The Balaban J connectivity index is 1.42. The summed E-state index contributed by atoms with van der Waals surface area (Å²) in [7, 11) is 0. The van der Waals surface area contributed by atoms with Gasteiger partial charge in [0.2, 0.25) is 0 Å². The number of hydrogen-bond acceptors (Lipinski definition) is 4. The molecule has 142 valence electrons. The molecule has 2 aliphatic rings. The molecular formula is C22H23N5O. The van der Waals surface area contributed by atoms with Crippen LogP contribution in [0.25, 0.3) is 11.4 Å². The van der Waals surface area contributed by atoms with E-state index in [1.54, 1.807) is 12.4 Å². The Hall–Kier alpha value is -3.02. The van der Waals surface area contributed by atoms with Gasteiger partial charge in [-0.15, -0.1) is 0 Å². The summed E-state index contributed by atoms with van der Waals surface area (Å²) in [6.45, 7) is 3.51. The molecule has 1 spiro atoms. The van der Waals surface area contributed by atoms with Gasteiger partial charge in [-0.2, -0.15) is 5.10 Å². The van der Waals surface area contributed by atoms with Crippen molar-refractivity contribution in [1.82, 2.24) is 25.1 Å². The largest absolute Gasteiger partial charge is 0.337 e. The fourth-order valence-corrected chi connectivity index (χ4v) is 4.66. The van der Waals surface area contributed by atoms with E-state index in [-0.39, 0.29) is 17.2 Å². The van der Waals surface area contributed by atoms with Gasteiger partial charge in [0, 0.05) is 42.5 Å². The second kappa shape index (κ2) is 6.55. The number of aromatic amines is 1. The molecule has 1 unspecified atom stereocenters. The van der Waals surface area contributed by atoms with Gasteiger partial charge < -0.3 is 4.90 Å². The first kappa shape index (κ1) is 17.1. The number of carbonyl (C=O) groups is 1. The first-order valence-electron chi connectivity index (χ1n) is 9.83. The summed E-state index contributed by atoms with van der Waals surface area (Å²) in [4.78, 5) is 24.0. The Labute approximate surface area is 164 Å². The molecule has 1 aliphatic heterocycles. The summed E-state index contributed by atoms with van der Waals surface area (Å²) in [5, 5.41) is 7.59. The minimum absolute atomic E-state index is 0.117. The maximum absolute atomic E-state index is 13.1. The maximum atomic E-state index is 13.1. The van der Waals surface area contributed by atoms with Crippen molar-refractivity contribution in [2.75, 3.05) is 13.1 Å². The fraction of sp³-hybridized carbons (Fsp3) is 0.364. The van der Waals surface area contributed by atoms with Crippen LogP contribution >= 0.6 is 0 Å². The van der Waals surface area contributed by atoms with E-state index in [4.69, 9.17) is 4.98 Å². The molecule has 3 heterocycles. The first-order valence-corrected chi connectivity index (χ1v) is 9.83. The third-order valence-electron chi connectivity index (χ3n) is 6.32. The number of nitrogens with one attached hydrogen (secondary N) is 1. The molecule has 1 saturated heterocycles. The average molecular weight is 373 g/mol. The van der Waals surface area contributed by atoms with Gasteiger partial charge in [-0.1, -0.05) is 24.1 Å². The lowest BCUT2D eigenvalue weighted by Crippen LogP contribution is -2.38. The van der Waals surface area contributed by atoms with Crippen molar-refractivity contribution in [3.05, 3.63) is 65.7 Å². The molecule has 1 atom stereocenters. The molecule has 6 heteroatoms. The summed E-state index contributed by atoms with van der Waals surface area (Å²) in [5.41, 5.74) is 2.96. The molecule has 1 aromatic carbocycles. The van der Waals surface area contributed by atoms with Crippen LogP contribution in [0.1, 0.15) is 46.9 Å². The summed E-state index contributed by atoms with van der Waals surface area (Å²) in [6, 6.07) is 11.7. The lowest BCUT2D eigenvalue weighted by Gasteiger charge is -2.41. The van der Waals surface area contributed by atoms with E-state index in [2.05, 4.69) is 15.2 Å². The highest BCUT2D eigenvalue weighted by molar-refractivity contribution is 5.94. The van der Waals surface area contributed by atoms with Crippen LogP contribution < -0.4 is 0 Å². The van der Waals surface area contributed by atoms with E-state index in [9.17, 15) is 4.79 Å². The van der Waals surface area contributed by atoms with Crippen molar-refractivity contribution in [2.24, 2.45) is 5.41 Å². The standard InChI is InChI=1S/C22H23N5O/c1-15-4-2-5-17(12-15)21(28)27-13-18(22(14-27)8-3-9-22)20-24-19(25-26-20)16-6-10-23-11-7-16/h2,4-7,10-12,18H,3,8-9,13-14H2,1H3,(H,24,25,26). The van der Waals surface area contributed by atoms with E-state index in [1.165, 1.54) is 6.42 Å². The lowest BCUT2D eigenvalue weighted by atomic mass is 9.62. The first-order chi connectivity index (χ1) is 13.6. The summed E-state index contributed by atoms with van der Waals surface area (Å²) in [6.07, 6.45) is 6.99. The Bertz CT molecular complexity index is 1010. The molecule has 0 radical (unpaired) electrons. The number of pyridine rings is 1. The Morgan fingerprint density at radius 3 is 2.75 bits per heavy atom. The van der Waals surface area contributed by atoms with Crippen molar-refractivity contribution in [3.8, 4) is 11.4 Å². The predicted octanol–water partition coefficient (Wildman–Crippen LogP) is 3.59. The smallest absolute Gasteiger partial charge is 0.253 e. The minimum Gasteiger partial charge on any atom is -0.337 e. The number of aromatic nitrogens is 4. The summed E-state index contributed by atoms with van der Waals surface area (Å²) in [5.74, 6) is 1.91. The van der Waals surface area contributed by atoms with Gasteiger partial charge in [-0.25, -0.2) is 4.98 Å². The quantitative estimate of drug-likeness (QED) is 0.761. The van der Waals surface area contributed by atoms with Gasteiger partial charge in [0.15, 0.2) is 5.82 Å². The van der Waals surface area contributed by atoms with Gasteiger partial charge in [0.1, 0.15) is 5.82 Å². The van der Waals surface area contributed by atoms with Gasteiger partial charge in [0.25, 0.3) is 5.91 Å². The second-order valence-corrected chi connectivity index (χ2v) is 8.10. The van der Waals surface area contributed by atoms with Crippen LogP contribution in [0.5, 0.6) is 0 Å². The normalized spacial score (nSPS) is 20.3. The number of amides is 1. The third kappa shape index (κ3) is 2.80. The van der Waals surface area contributed by atoms with Crippen molar-refractivity contribution in [2.45, 2.75) is 32.1 Å². The van der Waals surface area contributed by atoms with Gasteiger partial charge in [0.05, 0.1) is 0 Å². The molecule has 1 N–H and O–H groups in total. The van der Waals surface area contributed by atoms with Crippen LogP contribution in [0.2, 0.25) is 0 Å². The van der Waals surface area contributed by atoms with E-state index in [0.29, 0.717) is 12.4 Å². The number of benzene rings is 1.